The van der Waals surface area contributed by atoms with Gasteiger partial charge in [0.1, 0.15) is 18.2 Å². The lowest BCUT2D eigenvalue weighted by Gasteiger charge is -2.12. The molecule has 8 heteroatoms. The number of hydrogen-bond acceptors (Lipinski definition) is 5. The minimum absolute atomic E-state index is 0.0834. The Hall–Kier alpha value is -2.48. The number of rotatable bonds is 9. The van der Waals surface area contributed by atoms with Crippen LogP contribution in [-0.2, 0) is 22.4 Å². The summed E-state index contributed by atoms with van der Waals surface area (Å²) in [6, 6.07) is 11.6. The molecule has 0 saturated heterocycles. The molecule has 0 aliphatic heterocycles. The summed E-state index contributed by atoms with van der Waals surface area (Å²) in [5.41, 5.74) is 1.99. The van der Waals surface area contributed by atoms with E-state index in [4.69, 9.17) is 21.1 Å². The third kappa shape index (κ3) is 6.52. The van der Waals surface area contributed by atoms with Crippen LogP contribution in [0.5, 0.6) is 5.75 Å². The molecule has 5 nitrogen and oxygen atoms in total. The van der Waals surface area contributed by atoms with Gasteiger partial charge in [0.25, 0.3) is 0 Å². The lowest BCUT2D eigenvalue weighted by atomic mass is 10.2. The molecule has 0 atom stereocenters. The van der Waals surface area contributed by atoms with E-state index in [-0.39, 0.29) is 18.0 Å². The van der Waals surface area contributed by atoms with E-state index < -0.39 is 5.82 Å². The quantitative estimate of drug-likeness (QED) is 0.494. The molecule has 0 unspecified atom stereocenters. The largest absolute Gasteiger partial charge is 0.489 e. The molecule has 0 bridgehead atoms. The summed E-state index contributed by atoms with van der Waals surface area (Å²) >= 11 is 7.50. The van der Waals surface area contributed by atoms with E-state index in [0.717, 1.165) is 10.6 Å². The van der Waals surface area contributed by atoms with Gasteiger partial charge in [0.2, 0.25) is 5.91 Å². The third-order valence-corrected chi connectivity index (χ3v) is 5.08. The Morgan fingerprint density at radius 3 is 2.90 bits per heavy atom. The summed E-state index contributed by atoms with van der Waals surface area (Å²) in [5, 5.41) is 6.11. The molecule has 2 aromatic carbocycles. The van der Waals surface area contributed by atoms with Crippen LogP contribution in [0.15, 0.2) is 47.8 Å². The molecule has 29 heavy (non-hydrogen) atoms. The van der Waals surface area contributed by atoms with E-state index in [1.54, 1.807) is 7.11 Å². The number of carbonyl (C=O) groups is 1. The maximum Gasteiger partial charge on any atom is 0.230 e. The maximum atomic E-state index is 13.6. The number of hydrogen-bond donors (Lipinski definition) is 1. The van der Waals surface area contributed by atoms with Gasteiger partial charge in [-0.25, -0.2) is 9.37 Å². The van der Waals surface area contributed by atoms with E-state index >= 15 is 0 Å². The van der Waals surface area contributed by atoms with Crippen molar-refractivity contribution in [3.63, 3.8) is 0 Å². The van der Waals surface area contributed by atoms with Crippen molar-refractivity contribution in [3.8, 4) is 5.75 Å². The highest BCUT2D eigenvalue weighted by Gasteiger charge is 2.12. The fraction of sp³-hybridized carbons (Fsp3) is 0.238. The highest BCUT2D eigenvalue weighted by molar-refractivity contribution is 7.09. The Morgan fingerprint density at radius 1 is 1.24 bits per heavy atom. The van der Waals surface area contributed by atoms with Gasteiger partial charge in [-0.1, -0.05) is 23.7 Å². The van der Waals surface area contributed by atoms with E-state index in [1.807, 2.05) is 29.6 Å². The average Bonchev–Trinajstić information content (AvgIpc) is 3.10. The van der Waals surface area contributed by atoms with Gasteiger partial charge in [-0.2, -0.15) is 0 Å². The van der Waals surface area contributed by atoms with Crippen LogP contribution in [0.2, 0.25) is 5.02 Å². The second kappa shape index (κ2) is 10.3. The van der Waals surface area contributed by atoms with Crippen LogP contribution < -0.4 is 10.1 Å². The van der Waals surface area contributed by atoms with E-state index in [0.29, 0.717) is 36.1 Å². The number of benzene rings is 2. The number of nitrogens with one attached hydrogen (secondary N) is 1. The first-order chi connectivity index (χ1) is 14.0. The summed E-state index contributed by atoms with van der Waals surface area (Å²) in [5.74, 6) is -0.375. The molecular formula is C21H20ClFN2O3S. The monoisotopic (exact) mass is 434 g/mol. The van der Waals surface area contributed by atoms with Gasteiger partial charge in [0.05, 0.1) is 29.4 Å². The minimum Gasteiger partial charge on any atom is -0.489 e. The zero-order valence-corrected chi connectivity index (χ0v) is 17.4. The number of anilines is 1. The zero-order valence-electron chi connectivity index (χ0n) is 15.8. The predicted molar refractivity (Wildman–Crippen MR) is 112 cm³/mol. The van der Waals surface area contributed by atoms with Crippen molar-refractivity contribution >= 4 is 34.5 Å². The Morgan fingerprint density at radius 2 is 2.10 bits per heavy atom. The number of halogens is 2. The maximum absolute atomic E-state index is 13.6. The second-order valence-corrected chi connectivity index (χ2v) is 7.63. The molecule has 0 aliphatic carbocycles. The smallest absolute Gasteiger partial charge is 0.230 e. The van der Waals surface area contributed by atoms with Crippen LogP contribution >= 0.6 is 22.9 Å². The minimum atomic E-state index is -0.461. The lowest BCUT2D eigenvalue weighted by molar-refractivity contribution is -0.115. The molecule has 152 valence electrons. The number of methoxy groups -OCH3 is 1. The molecule has 3 aromatic rings. The summed E-state index contributed by atoms with van der Waals surface area (Å²) in [7, 11) is 1.56. The molecule has 0 fully saturated rings. The normalized spacial score (nSPS) is 10.7. The summed E-state index contributed by atoms with van der Waals surface area (Å²) in [4.78, 5) is 16.9. The van der Waals surface area contributed by atoms with Crippen molar-refractivity contribution < 1.29 is 18.7 Å². The highest BCUT2D eigenvalue weighted by Crippen LogP contribution is 2.26. The van der Waals surface area contributed by atoms with Crippen molar-refractivity contribution in [1.82, 2.24) is 4.98 Å². The first kappa shape index (κ1) is 21.2. The summed E-state index contributed by atoms with van der Waals surface area (Å²) < 4.78 is 24.1. The summed E-state index contributed by atoms with van der Waals surface area (Å²) in [6.45, 7) is 0.683. The van der Waals surface area contributed by atoms with Crippen LogP contribution in [0.3, 0.4) is 0 Å². The van der Waals surface area contributed by atoms with Gasteiger partial charge in [0, 0.05) is 30.0 Å². The number of thiazole rings is 1. The SMILES string of the molecule is COCCOc1ccc(F)cc1NC(=O)Cc1csc(Cc2cccc(Cl)c2)n1. The van der Waals surface area contributed by atoms with Crippen molar-refractivity contribution in [1.29, 1.82) is 0 Å². The van der Waals surface area contributed by atoms with E-state index in [2.05, 4.69) is 10.3 Å². The molecule has 0 spiro atoms. The average molecular weight is 435 g/mol. The van der Waals surface area contributed by atoms with Crippen LogP contribution in [0.4, 0.5) is 10.1 Å². The summed E-state index contributed by atoms with van der Waals surface area (Å²) in [6.07, 6.45) is 0.730. The topological polar surface area (TPSA) is 60.5 Å². The second-order valence-electron chi connectivity index (χ2n) is 6.25. The fourth-order valence-electron chi connectivity index (χ4n) is 2.65. The Kier molecular flexibility index (Phi) is 7.57. The third-order valence-electron chi connectivity index (χ3n) is 3.95. The van der Waals surface area contributed by atoms with Crippen molar-refractivity contribution in [2.45, 2.75) is 12.8 Å². The first-order valence-electron chi connectivity index (χ1n) is 8.92. The molecule has 0 saturated carbocycles. The van der Waals surface area contributed by atoms with Gasteiger partial charge in [-0.05, 0) is 29.8 Å². The Balaban J connectivity index is 1.61. The lowest BCUT2D eigenvalue weighted by Crippen LogP contribution is -2.16. The van der Waals surface area contributed by atoms with Gasteiger partial charge in [-0.15, -0.1) is 11.3 Å². The van der Waals surface area contributed by atoms with Crippen LogP contribution in [0, 0.1) is 5.82 Å². The number of nitrogens with zero attached hydrogens (tertiary/aromatic N) is 1. The number of ether oxygens (including phenoxy) is 2. The zero-order chi connectivity index (χ0) is 20.6. The van der Waals surface area contributed by atoms with Crippen LogP contribution in [0.1, 0.15) is 16.3 Å². The van der Waals surface area contributed by atoms with Crippen LogP contribution in [-0.4, -0.2) is 31.2 Å². The first-order valence-corrected chi connectivity index (χ1v) is 10.2. The van der Waals surface area contributed by atoms with E-state index in [1.165, 1.54) is 29.5 Å². The highest BCUT2D eigenvalue weighted by atomic mass is 35.5. The molecule has 1 heterocycles. The molecule has 1 N–H and O–H groups in total. The number of amides is 1. The van der Waals surface area contributed by atoms with Gasteiger partial charge < -0.3 is 14.8 Å². The van der Waals surface area contributed by atoms with Crippen molar-refractivity contribution in [2.24, 2.45) is 0 Å². The fourth-order valence-corrected chi connectivity index (χ4v) is 3.69. The van der Waals surface area contributed by atoms with Gasteiger partial charge in [-0.3, -0.25) is 4.79 Å². The molecular weight excluding hydrogens is 415 g/mol. The van der Waals surface area contributed by atoms with Crippen molar-refractivity contribution in [2.75, 3.05) is 25.6 Å². The molecule has 1 amide bonds. The molecule has 3 rings (SSSR count). The molecule has 1 aromatic heterocycles. The van der Waals surface area contributed by atoms with Crippen molar-refractivity contribution in [3.05, 3.63) is 74.9 Å². The van der Waals surface area contributed by atoms with Gasteiger partial charge >= 0.3 is 0 Å². The Labute approximate surface area is 177 Å². The predicted octanol–water partition coefficient (Wildman–Crippen LogP) is 4.73. The van der Waals surface area contributed by atoms with E-state index in [9.17, 15) is 9.18 Å². The molecule has 0 aliphatic rings. The Bertz CT molecular complexity index is 980. The molecule has 0 radical (unpaired) electrons. The number of carbonyl (C=O) groups excluding carboxylic acids is 1. The van der Waals surface area contributed by atoms with Crippen LogP contribution in [0.25, 0.3) is 0 Å². The standard InChI is InChI=1S/C21H20ClFN2O3S/c1-27-7-8-28-19-6-5-16(23)11-18(19)25-20(26)12-17-13-29-21(24-17)10-14-3-2-4-15(22)9-14/h2-6,9,11,13H,7-8,10,12H2,1H3,(H,25,26). The van der Waals surface area contributed by atoms with Gasteiger partial charge in [0.15, 0.2) is 0 Å². The number of aromatic nitrogens is 1.